The number of carbonyl (C=O) groups is 1. The van der Waals surface area contributed by atoms with Crippen molar-refractivity contribution >= 4 is 16.8 Å². The third-order valence-corrected chi connectivity index (χ3v) is 6.37. The average Bonchev–Trinajstić information content (AvgIpc) is 3.02. The quantitative estimate of drug-likeness (QED) is 0.132. The summed E-state index contributed by atoms with van der Waals surface area (Å²) in [6, 6.07) is 29.7. The van der Waals surface area contributed by atoms with E-state index in [1.54, 1.807) is 24.4 Å². The Labute approximate surface area is 276 Å². The molecule has 5 aromatic heterocycles. The summed E-state index contributed by atoms with van der Waals surface area (Å²) in [5, 5.41) is -0.471. The molecule has 0 aliphatic heterocycles. The second-order valence-electron chi connectivity index (χ2n) is 9.85. The maximum atomic E-state index is 11.0. The number of pyridine rings is 5. The fraction of sp³-hybridized carbons (Fsp3) is 0.111. The van der Waals surface area contributed by atoms with E-state index < -0.39 is 5.24 Å². The van der Waals surface area contributed by atoms with E-state index in [1.807, 2.05) is 91.5 Å². The van der Waals surface area contributed by atoms with Crippen molar-refractivity contribution in [2.75, 3.05) is 0 Å². The first kappa shape index (κ1) is 34.1. The molecule has 6 aromatic rings. The van der Waals surface area contributed by atoms with Gasteiger partial charge in [0.05, 0.1) is 22.8 Å². The van der Waals surface area contributed by atoms with Crippen LogP contribution in [0.4, 0.5) is 0 Å². The topological polar surface area (TPSA) is 81.5 Å². The van der Waals surface area contributed by atoms with E-state index in [-0.39, 0.29) is 19.8 Å². The monoisotopic (exact) mass is 776 g/mol. The molecule has 0 aliphatic rings. The predicted octanol–water partition coefficient (Wildman–Crippen LogP) is 8.45. The minimum atomic E-state index is -0.471. The average molecular weight is 775 g/mol. The zero-order chi connectivity index (χ0) is 30.6. The molecule has 0 fully saturated rings. The summed E-state index contributed by atoms with van der Waals surface area (Å²) in [4.78, 5) is 32.3. The van der Waals surface area contributed by atoms with Crippen LogP contribution in [-0.4, -0.2) is 30.2 Å². The number of benzene rings is 1. The Morgan fingerprint density at radius 3 is 1.30 bits per heavy atom. The van der Waals surface area contributed by atoms with Gasteiger partial charge < -0.3 is 4.98 Å². The van der Waals surface area contributed by atoms with E-state index in [1.165, 1.54) is 22.3 Å². The van der Waals surface area contributed by atoms with Crippen LogP contribution in [0.3, 0.4) is 0 Å². The van der Waals surface area contributed by atoms with Crippen LogP contribution in [-0.2, 0) is 19.8 Å². The Hall–Kier alpha value is -4.43. The Kier molecular flexibility index (Phi) is 13.2. The number of aryl methyl sites for hydroxylation is 4. The van der Waals surface area contributed by atoms with E-state index >= 15 is 0 Å². The van der Waals surface area contributed by atoms with Crippen LogP contribution in [0.1, 0.15) is 32.6 Å². The minimum Gasteiger partial charge on any atom is -0.305 e. The molecule has 0 N–H and O–H groups in total. The van der Waals surface area contributed by atoms with Crippen LogP contribution in [0.2, 0.25) is 0 Å². The number of hydrogen-bond acceptors (Lipinski definition) is 6. The summed E-state index contributed by atoms with van der Waals surface area (Å²) < 4.78 is 0. The second-order valence-corrected chi connectivity index (χ2v) is 10.2. The first-order valence-electron chi connectivity index (χ1n) is 13.6. The third-order valence-electron chi connectivity index (χ3n) is 6.16. The molecule has 8 heteroatoms. The van der Waals surface area contributed by atoms with Crippen molar-refractivity contribution in [2.45, 2.75) is 27.7 Å². The maximum Gasteiger partial charge on any atom is 1.00 e. The fourth-order valence-corrected chi connectivity index (χ4v) is 4.08. The first-order chi connectivity index (χ1) is 20.8. The van der Waals surface area contributed by atoms with E-state index in [0.29, 0.717) is 5.56 Å². The van der Waals surface area contributed by atoms with Crippen LogP contribution in [0.15, 0.2) is 116 Å². The van der Waals surface area contributed by atoms with Crippen molar-refractivity contribution in [1.29, 1.82) is 0 Å². The predicted molar refractivity (Wildman–Crippen MR) is 173 cm³/mol. The van der Waals surface area contributed by atoms with Gasteiger partial charge in [-0.05, 0) is 127 Å². The minimum absolute atomic E-state index is 0. The van der Waals surface area contributed by atoms with E-state index in [0.717, 1.165) is 34.0 Å². The molecule has 0 saturated heterocycles. The van der Waals surface area contributed by atoms with Gasteiger partial charge in [0.1, 0.15) is 0 Å². The molecule has 0 saturated carbocycles. The van der Waals surface area contributed by atoms with Crippen LogP contribution in [0.5, 0.6) is 0 Å². The largest absolute Gasteiger partial charge is 1.00 e. The maximum absolute atomic E-state index is 11.0. The molecule has 1 radical (unpaired) electrons. The summed E-state index contributed by atoms with van der Waals surface area (Å²) in [6.45, 7) is 8.23. The second kappa shape index (κ2) is 17.0. The Morgan fingerprint density at radius 1 is 0.545 bits per heavy atom. The van der Waals surface area contributed by atoms with Crippen molar-refractivity contribution in [1.82, 2.24) is 24.9 Å². The molecule has 0 aliphatic carbocycles. The molecule has 0 atom stereocenters. The van der Waals surface area contributed by atoms with Crippen molar-refractivity contribution in [3.8, 4) is 34.0 Å². The van der Waals surface area contributed by atoms with Crippen molar-refractivity contribution < 1.29 is 24.6 Å². The molecule has 6 rings (SSSR count). The van der Waals surface area contributed by atoms with Crippen LogP contribution in [0.25, 0.3) is 34.0 Å². The molecule has 6 nitrogen and oxygen atoms in total. The molecule has 44 heavy (non-hydrogen) atoms. The third kappa shape index (κ3) is 10.4. The van der Waals surface area contributed by atoms with Crippen LogP contribution in [0, 0.1) is 33.8 Å². The van der Waals surface area contributed by atoms with Gasteiger partial charge in [0.15, 0.2) is 0 Å². The Balaban J connectivity index is 0.000000178. The van der Waals surface area contributed by atoms with Gasteiger partial charge in [0.2, 0.25) is 5.24 Å². The standard InChI is InChI=1S/C12H7ClNO.2C12H12N2.Os/c13-12(15)10-5-3-4-9(8-10)11-6-1-2-7-14-11;2*1-9-3-5-13-11(7-9)12-8-10(2)4-6-14-12;/h1-3,5-8H;2*3-8H,1-2H3;/q-1;;;+1. The normalized spacial score (nSPS) is 9.84. The van der Waals surface area contributed by atoms with Gasteiger partial charge in [-0.1, -0.05) is 12.1 Å². The van der Waals surface area contributed by atoms with Crippen LogP contribution < -0.4 is 0 Å². The SMILES string of the molecule is Cc1ccnc(-c2cc(C)ccn2)c1.Cc1ccnc(-c2cc(C)ccn2)c1.O=C(Cl)c1cc[c-]c(-c2ccccn2)c1.[Os+]. The van der Waals surface area contributed by atoms with Gasteiger partial charge in [-0.3, -0.25) is 24.7 Å². The zero-order valence-electron chi connectivity index (χ0n) is 24.8. The number of aromatic nitrogens is 5. The molecule has 5 heterocycles. The number of rotatable bonds is 4. The number of nitrogens with zero attached hydrogens (tertiary/aromatic N) is 5. The molecule has 1 aromatic carbocycles. The fourth-order valence-electron chi connectivity index (χ4n) is 3.96. The summed E-state index contributed by atoms with van der Waals surface area (Å²) in [5.41, 5.74) is 10.6. The molecule has 0 amide bonds. The van der Waals surface area contributed by atoms with Gasteiger partial charge >= 0.3 is 19.8 Å². The van der Waals surface area contributed by atoms with Crippen molar-refractivity contribution in [3.63, 3.8) is 0 Å². The van der Waals surface area contributed by atoms with Gasteiger partial charge in [-0.2, -0.15) is 0 Å². The molecular formula is C36H31ClN5OOs. The molecule has 0 spiro atoms. The van der Waals surface area contributed by atoms with Crippen LogP contribution >= 0.6 is 11.6 Å². The first-order valence-corrected chi connectivity index (χ1v) is 14.0. The van der Waals surface area contributed by atoms with Crippen molar-refractivity contribution in [3.05, 3.63) is 150 Å². The van der Waals surface area contributed by atoms with E-state index in [9.17, 15) is 4.79 Å². The molecule has 221 valence electrons. The van der Waals surface area contributed by atoms with E-state index in [2.05, 4.69) is 58.7 Å². The Morgan fingerprint density at radius 2 is 0.955 bits per heavy atom. The number of halogens is 1. The molecule has 0 unspecified atom stereocenters. The molecular weight excluding hydrogens is 744 g/mol. The van der Waals surface area contributed by atoms with E-state index in [4.69, 9.17) is 11.6 Å². The van der Waals surface area contributed by atoms with Gasteiger partial charge in [0.25, 0.3) is 0 Å². The smallest absolute Gasteiger partial charge is 0.305 e. The number of hydrogen-bond donors (Lipinski definition) is 0. The van der Waals surface area contributed by atoms with Crippen molar-refractivity contribution in [2.24, 2.45) is 0 Å². The molecule has 0 bridgehead atoms. The summed E-state index contributed by atoms with van der Waals surface area (Å²) in [5.74, 6) is 0. The number of carbonyl (C=O) groups excluding carboxylic acids is 1. The van der Waals surface area contributed by atoms with Gasteiger partial charge in [-0.15, -0.1) is 29.8 Å². The Bertz CT molecular complexity index is 1640. The summed E-state index contributed by atoms with van der Waals surface area (Å²) >= 11 is 5.39. The van der Waals surface area contributed by atoms with Gasteiger partial charge in [0, 0.05) is 31.0 Å². The summed E-state index contributed by atoms with van der Waals surface area (Å²) in [7, 11) is 0. The summed E-state index contributed by atoms with van der Waals surface area (Å²) in [6.07, 6.45) is 8.95. The zero-order valence-corrected chi connectivity index (χ0v) is 28.1. The van der Waals surface area contributed by atoms with Gasteiger partial charge in [-0.25, -0.2) is 0 Å².